The van der Waals surface area contributed by atoms with Crippen molar-refractivity contribution in [2.45, 2.75) is 23.8 Å². The van der Waals surface area contributed by atoms with E-state index in [0.29, 0.717) is 23.6 Å². The van der Waals surface area contributed by atoms with Crippen molar-refractivity contribution in [2.24, 2.45) is 0 Å². The number of halogens is 1. The van der Waals surface area contributed by atoms with Crippen LogP contribution in [0.5, 0.6) is 5.75 Å². The zero-order valence-corrected chi connectivity index (χ0v) is 15.4. The minimum atomic E-state index is -3.86. The highest BCUT2D eigenvalue weighted by atomic mass is 35.5. The van der Waals surface area contributed by atoms with Crippen LogP contribution in [-0.2, 0) is 10.0 Å². The summed E-state index contributed by atoms with van der Waals surface area (Å²) in [7, 11) is -3.86. The molecule has 0 spiro atoms. The average Bonchev–Trinajstić information content (AvgIpc) is 2.64. The van der Waals surface area contributed by atoms with E-state index in [2.05, 4.69) is 0 Å². The lowest BCUT2D eigenvalue weighted by atomic mass is 10.1. The molecular weight excluding hydrogens is 378 g/mol. The van der Waals surface area contributed by atoms with Gasteiger partial charge in [-0.15, -0.1) is 0 Å². The molecule has 6 nitrogen and oxygen atoms in total. The Bertz CT molecular complexity index is 890. The number of aromatic carboxylic acids is 1. The Kier molecular flexibility index (Phi) is 5.50. The summed E-state index contributed by atoms with van der Waals surface area (Å²) in [5, 5.41) is 9.86. The molecule has 0 aromatic heterocycles. The number of hydrogen-bond donors (Lipinski definition) is 1. The molecule has 2 aromatic rings. The first-order valence-electron chi connectivity index (χ1n) is 8.12. The molecule has 8 heteroatoms. The Labute approximate surface area is 157 Å². The first-order chi connectivity index (χ1) is 12.4. The van der Waals surface area contributed by atoms with Gasteiger partial charge in [-0.3, -0.25) is 0 Å². The minimum Gasteiger partial charge on any atom is -0.490 e. The Hall–Kier alpha value is -2.09. The summed E-state index contributed by atoms with van der Waals surface area (Å²) < 4.78 is 32.8. The van der Waals surface area contributed by atoms with Crippen molar-refractivity contribution in [3.63, 3.8) is 0 Å². The number of carbonyl (C=O) groups is 1. The van der Waals surface area contributed by atoms with Crippen LogP contribution < -0.4 is 4.74 Å². The molecule has 26 heavy (non-hydrogen) atoms. The lowest BCUT2D eigenvalue weighted by Crippen LogP contribution is -2.42. The Morgan fingerprint density at radius 3 is 2.31 bits per heavy atom. The number of carboxylic acids is 1. The molecule has 0 amide bonds. The second-order valence-electron chi connectivity index (χ2n) is 5.98. The summed E-state index contributed by atoms with van der Waals surface area (Å²) in [6.07, 6.45) is 0.950. The van der Waals surface area contributed by atoms with Crippen molar-refractivity contribution in [1.82, 2.24) is 4.31 Å². The van der Waals surface area contributed by atoms with Gasteiger partial charge in [0.25, 0.3) is 0 Å². The molecule has 1 aliphatic heterocycles. The fourth-order valence-electron chi connectivity index (χ4n) is 2.90. The van der Waals surface area contributed by atoms with E-state index in [1.54, 1.807) is 24.3 Å². The second-order valence-corrected chi connectivity index (χ2v) is 8.32. The van der Waals surface area contributed by atoms with Crippen LogP contribution in [0, 0.1) is 0 Å². The highest BCUT2D eigenvalue weighted by Crippen LogP contribution is 2.26. The van der Waals surface area contributed by atoms with Crippen LogP contribution in [0.2, 0.25) is 5.02 Å². The van der Waals surface area contributed by atoms with Gasteiger partial charge in [0, 0.05) is 18.1 Å². The maximum absolute atomic E-state index is 12.8. The molecule has 1 heterocycles. The van der Waals surface area contributed by atoms with Crippen LogP contribution in [0.3, 0.4) is 0 Å². The monoisotopic (exact) mass is 395 g/mol. The first kappa shape index (κ1) is 18.7. The van der Waals surface area contributed by atoms with Crippen molar-refractivity contribution >= 4 is 27.6 Å². The summed E-state index contributed by atoms with van der Waals surface area (Å²) >= 11 is 5.85. The zero-order valence-electron chi connectivity index (χ0n) is 13.8. The number of hydrogen-bond acceptors (Lipinski definition) is 4. The summed E-state index contributed by atoms with van der Waals surface area (Å²) in [6, 6.07) is 12.7. The van der Waals surface area contributed by atoms with E-state index in [0.717, 1.165) is 0 Å². The molecule has 138 valence electrons. The minimum absolute atomic E-state index is 0.0997. The van der Waals surface area contributed by atoms with Gasteiger partial charge in [-0.25, -0.2) is 13.2 Å². The number of carboxylic acid groups (broad SMARTS) is 1. The molecule has 1 aliphatic rings. The third kappa shape index (κ3) is 4.00. The van der Waals surface area contributed by atoms with E-state index in [1.807, 2.05) is 0 Å². The molecular formula is C18H18ClNO5S. The van der Waals surface area contributed by atoms with E-state index in [-0.39, 0.29) is 29.7 Å². The number of piperidine rings is 1. The standard InChI is InChI=1S/C18H18ClNO5S/c19-13-5-7-14(8-6-13)25-15-9-11-20(12-10-15)26(23,24)17-4-2-1-3-16(17)18(21)22/h1-8,15H,9-12H2,(H,21,22). The highest BCUT2D eigenvalue weighted by molar-refractivity contribution is 7.89. The molecule has 2 aromatic carbocycles. The third-order valence-corrected chi connectivity index (χ3v) is 6.46. The maximum Gasteiger partial charge on any atom is 0.337 e. The maximum atomic E-state index is 12.8. The topological polar surface area (TPSA) is 83.9 Å². The van der Waals surface area contributed by atoms with Gasteiger partial charge >= 0.3 is 5.97 Å². The number of ether oxygens (including phenoxy) is 1. The lowest BCUT2D eigenvalue weighted by Gasteiger charge is -2.31. The van der Waals surface area contributed by atoms with Crippen LogP contribution in [0.25, 0.3) is 0 Å². The van der Waals surface area contributed by atoms with E-state index in [1.165, 1.54) is 28.6 Å². The molecule has 0 unspecified atom stereocenters. The fourth-order valence-corrected chi connectivity index (χ4v) is 4.68. The van der Waals surface area contributed by atoms with Gasteiger partial charge in [0.15, 0.2) is 0 Å². The van der Waals surface area contributed by atoms with Crippen LogP contribution in [0.4, 0.5) is 0 Å². The summed E-state index contributed by atoms with van der Waals surface area (Å²) in [6.45, 7) is 0.545. The van der Waals surface area contributed by atoms with Gasteiger partial charge in [0.2, 0.25) is 10.0 Å². The molecule has 0 saturated carbocycles. The van der Waals surface area contributed by atoms with Crippen molar-refractivity contribution in [3.05, 3.63) is 59.1 Å². The number of sulfonamides is 1. The SMILES string of the molecule is O=C(O)c1ccccc1S(=O)(=O)N1CCC(Oc2ccc(Cl)cc2)CC1. The van der Waals surface area contributed by atoms with Crippen LogP contribution >= 0.6 is 11.6 Å². The summed E-state index contributed by atoms with van der Waals surface area (Å²) in [4.78, 5) is 11.1. The van der Waals surface area contributed by atoms with Crippen LogP contribution in [-0.4, -0.2) is 43.0 Å². The molecule has 0 aliphatic carbocycles. The van der Waals surface area contributed by atoms with Crippen molar-refractivity contribution in [1.29, 1.82) is 0 Å². The Balaban J connectivity index is 1.69. The molecule has 3 rings (SSSR count). The number of nitrogens with zero attached hydrogens (tertiary/aromatic N) is 1. The average molecular weight is 396 g/mol. The van der Waals surface area contributed by atoms with Gasteiger partial charge in [-0.1, -0.05) is 23.7 Å². The third-order valence-electron chi connectivity index (χ3n) is 4.25. The highest BCUT2D eigenvalue weighted by Gasteiger charge is 2.32. The largest absolute Gasteiger partial charge is 0.490 e. The number of benzene rings is 2. The normalized spacial score (nSPS) is 16.3. The van der Waals surface area contributed by atoms with Crippen LogP contribution in [0.15, 0.2) is 53.4 Å². The molecule has 1 fully saturated rings. The predicted molar refractivity (Wildman–Crippen MR) is 97.3 cm³/mol. The van der Waals surface area contributed by atoms with Crippen molar-refractivity contribution in [3.8, 4) is 5.75 Å². The van der Waals surface area contributed by atoms with E-state index < -0.39 is 16.0 Å². The van der Waals surface area contributed by atoms with E-state index >= 15 is 0 Å². The second kappa shape index (κ2) is 7.65. The zero-order chi connectivity index (χ0) is 18.7. The Morgan fingerprint density at radius 2 is 1.69 bits per heavy atom. The van der Waals surface area contributed by atoms with Crippen molar-refractivity contribution < 1.29 is 23.1 Å². The summed E-state index contributed by atoms with van der Waals surface area (Å²) in [5.74, 6) is -0.572. The van der Waals surface area contributed by atoms with Gasteiger partial charge in [-0.05, 0) is 49.2 Å². The van der Waals surface area contributed by atoms with Gasteiger partial charge in [0.1, 0.15) is 11.9 Å². The fraction of sp³-hybridized carbons (Fsp3) is 0.278. The molecule has 0 bridgehead atoms. The first-order valence-corrected chi connectivity index (χ1v) is 9.94. The van der Waals surface area contributed by atoms with Gasteiger partial charge in [-0.2, -0.15) is 4.31 Å². The van der Waals surface area contributed by atoms with Crippen LogP contribution in [0.1, 0.15) is 23.2 Å². The van der Waals surface area contributed by atoms with Gasteiger partial charge < -0.3 is 9.84 Å². The molecule has 1 saturated heterocycles. The quantitative estimate of drug-likeness (QED) is 0.839. The smallest absolute Gasteiger partial charge is 0.337 e. The van der Waals surface area contributed by atoms with E-state index in [4.69, 9.17) is 16.3 Å². The Morgan fingerprint density at radius 1 is 1.08 bits per heavy atom. The van der Waals surface area contributed by atoms with Gasteiger partial charge in [0.05, 0.1) is 10.5 Å². The molecule has 1 N–H and O–H groups in total. The predicted octanol–water partition coefficient (Wildman–Crippen LogP) is 3.27. The molecule has 0 radical (unpaired) electrons. The lowest BCUT2D eigenvalue weighted by molar-refractivity contribution is 0.0692. The van der Waals surface area contributed by atoms with E-state index in [9.17, 15) is 18.3 Å². The number of rotatable bonds is 5. The summed E-state index contributed by atoms with van der Waals surface area (Å²) in [5.41, 5.74) is -0.216. The molecule has 0 atom stereocenters. The van der Waals surface area contributed by atoms with Crippen molar-refractivity contribution in [2.75, 3.05) is 13.1 Å².